The van der Waals surface area contributed by atoms with Gasteiger partial charge in [0.15, 0.2) is 0 Å². The first kappa shape index (κ1) is 144. The van der Waals surface area contributed by atoms with Crippen LogP contribution < -0.4 is 0 Å². The smallest absolute Gasteiger partial charge is 0.332 e. The Kier molecular flexibility index (Phi) is 50.1. The lowest BCUT2D eigenvalue weighted by molar-refractivity contribution is -0.477. The summed E-state index contributed by atoms with van der Waals surface area (Å²) in [5, 5.41) is 0. The van der Waals surface area contributed by atoms with Crippen molar-refractivity contribution in [2.24, 2.45) is 5.92 Å². The van der Waals surface area contributed by atoms with E-state index in [2.05, 4.69) is 9.47 Å². The van der Waals surface area contributed by atoms with E-state index in [0.29, 0.717) is 6.92 Å². The molecule has 0 saturated carbocycles. The summed E-state index contributed by atoms with van der Waals surface area (Å²) in [6.45, 7) is -0.797. The first-order valence-electron chi connectivity index (χ1n) is 28.1. The molecule has 0 saturated heterocycles. The SMILES string of the molecule is CC(C(F)(F)F)C(F)(F)F.CC(F)(C(F)(F)F)C(F)(F)F.CC(F)(F)C(F)(F)C(F)(F)C(F)(F)C(F)(F)F.CC(F)(F)C(F)(F)C(F)(F)C(F)(F)F.CC(F)(F)C(F)(F)C(F)(F)F.CC(F)(F)F.CC(F)(F)OC(F)(C(F)(F)F)C(F)(F)F.CCC(F)(F)C(F)(F)C(F)(F)C(F)(F)F.CCC(F)(F)C(F)(F)F.CCC(F)(F)F.CCOC(F)(C(F)(F)F)C(F)(F)F. The van der Waals surface area contributed by atoms with Gasteiger partial charge in [-0.25, -0.2) is 4.39 Å². The molecule has 0 amide bonds. The first-order valence-corrected chi connectivity index (χ1v) is 28.1. The number of ether oxygens (including phenoxy) is 2. The predicted molar refractivity (Wildman–Crippen MR) is 258 cm³/mol. The van der Waals surface area contributed by atoms with Crippen molar-refractivity contribution >= 4 is 0 Å². The molecule has 0 unspecified atom stereocenters. The maximum absolute atomic E-state index is 12.3. The highest BCUT2D eigenvalue weighted by atomic mass is 19.5. The summed E-state index contributed by atoms with van der Waals surface area (Å²) < 4.78 is 882. The standard InChI is InChI=1S/C6H3F11.C6H5F9.C5H3F9O.C5H3F9.C5H5F7O.2C4H3F7.C4H4F6.C4H5F5.C3H5F3.C2H3F3/c1-2(7,8)3(9,10)4(11,12)5(13,14)6(15,16)17;1-2-3(7,8)4(9,10)5(11,12)6(13,14)15;1-2(6,7)15-3(8,4(9,10)11)5(12,13)14;1-2(6,7)3(8,9)4(10,11)5(12,13)14;1-2-13-3(6,4(7,8)9)5(10,11)12;1-2(5,6)3(7,8)4(9,10)11;1-2(5,3(6,7)8)4(9,10)11;1-2(3(5,6)7)4(8,9)10;1-2-3(5,6)4(7,8)9;1-2-3(4,5)6;1-2(3,4)5/h1H3;2H2,1H3;1H3;1H3;2H2,1H3;2*1H3;2H,1H3;2H2,1H3;2H2,1H3;1H3. The third-order valence-electron chi connectivity index (χ3n) is 11.0. The van der Waals surface area contributed by atoms with Gasteiger partial charge < -0.3 is 4.74 Å². The van der Waals surface area contributed by atoms with Crippen molar-refractivity contribution in [1.82, 2.24) is 0 Å². The van der Waals surface area contributed by atoms with E-state index < -0.39 is 260 Å². The van der Waals surface area contributed by atoms with Crippen LogP contribution in [0.3, 0.4) is 0 Å². The third kappa shape index (κ3) is 42.4. The monoisotopic (exact) mass is 2090 g/mol. The van der Waals surface area contributed by atoms with E-state index in [1.807, 2.05) is 0 Å². The normalized spacial score (nSPS) is 15.0. The van der Waals surface area contributed by atoms with Crippen LogP contribution in [0.1, 0.15) is 95.4 Å². The van der Waals surface area contributed by atoms with E-state index in [0.717, 1.165) is 20.8 Å². The summed E-state index contributed by atoms with van der Waals surface area (Å²) >= 11 is 0. The molecule has 0 spiro atoms. The van der Waals surface area contributed by atoms with Crippen molar-refractivity contribution in [3.05, 3.63) is 0 Å². The maximum Gasteiger partial charge on any atom is 0.460 e. The van der Waals surface area contributed by atoms with Gasteiger partial charge in [0.1, 0.15) is 5.92 Å². The van der Waals surface area contributed by atoms with Crippen LogP contribution in [-0.2, 0) is 9.47 Å². The molecule has 0 radical (unpaired) electrons. The molecule has 0 aromatic carbocycles. The molecule has 0 aromatic rings. The van der Waals surface area contributed by atoms with Gasteiger partial charge in [-0.3, -0.25) is 4.74 Å². The first-order chi connectivity index (χ1) is 52.4. The van der Waals surface area contributed by atoms with Crippen molar-refractivity contribution in [2.45, 2.75) is 289 Å². The molecule has 0 bridgehead atoms. The van der Waals surface area contributed by atoms with E-state index in [-0.39, 0.29) is 13.8 Å². The largest absolute Gasteiger partial charge is 0.460 e. The number of hydrogen-bond acceptors (Lipinski definition) is 2. The van der Waals surface area contributed by atoms with E-state index in [1.165, 1.54) is 0 Å². The Hall–Kier alpha value is -5.40. The number of halogens is 76. The van der Waals surface area contributed by atoms with Crippen molar-refractivity contribution in [3.63, 3.8) is 0 Å². The molecule has 778 valence electrons. The molecule has 2 nitrogen and oxygen atoms in total. The highest BCUT2D eigenvalue weighted by molar-refractivity contribution is 5.05. The number of alkyl halides is 76. The summed E-state index contributed by atoms with van der Waals surface area (Å²) in [4.78, 5) is 0. The van der Waals surface area contributed by atoms with Crippen molar-refractivity contribution in [3.8, 4) is 0 Å². The van der Waals surface area contributed by atoms with Gasteiger partial charge in [-0.15, -0.1) is 0 Å². The minimum absolute atomic E-state index is 0.0833. The Balaban J connectivity index is -0.000000130. The van der Waals surface area contributed by atoms with Crippen molar-refractivity contribution < 1.29 is 343 Å². The molecule has 0 aliphatic carbocycles. The van der Waals surface area contributed by atoms with Crippen LogP contribution in [-0.4, -0.2) is 200 Å². The van der Waals surface area contributed by atoms with Crippen LogP contribution in [0.4, 0.5) is 334 Å². The molecule has 78 heteroatoms. The fraction of sp³-hybridized carbons (Fsp3) is 1.00. The topological polar surface area (TPSA) is 18.5 Å². The minimum atomic E-state index is -7.29. The van der Waals surface area contributed by atoms with Crippen LogP contribution in [0.25, 0.3) is 0 Å². The van der Waals surface area contributed by atoms with E-state index in [1.54, 1.807) is 0 Å². The molecule has 0 N–H and O–H groups in total. The highest BCUT2D eigenvalue weighted by Gasteiger charge is 2.87. The molecular weight excluding hydrogens is 2050 g/mol. The summed E-state index contributed by atoms with van der Waals surface area (Å²) in [5.74, 6) is -95.3. The van der Waals surface area contributed by atoms with Gasteiger partial charge >= 0.3 is 187 Å². The molecule has 0 rings (SSSR count). The zero-order valence-electron chi connectivity index (χ0n) is 59.9. The van der Waals surface area contributed by atoms with Gasteiger partial charge in [-0.1, -0.05) is 20.8 Å². The zero-order chi connectivity index (χ0) is 108. The van der Waals surface area contributed by atoms with Crippen LogP contribution in [0.2, 0.25) is 0 Å². The fourth-order valence-electron chi connectivity index (χ4n) is 3.58. The Morgan fingerprint density at radius 3 is 0.452 bits per heavy atom. The Morgan fingerprint density at radius 2 is 0.381 bits per heavy atom. The summed E-state index contributed by atoms with van der Waals surface area (Å²) in [6, 6.07) is 0. The average molecular weight is 2090 g/mol. The lowest BCUT2D eigenvalue weighted by Crippen LogP contribution is -2.65. The van der Waals surface area contributed by atoms with Crippen LogP contribution in [0.5, 0.6) is 0 Å². The van der Waals surface area contributed by atoms with Gasteiger partial charge in [0.2, 0.25) is 0 Å². The highest BCUT2D eigenvalue weighted by Crippen LogP contribution is 2.60. The lowest BCUT2D eigenvalue weighted by Gasteiger charge is -2.35. The van der Waals surface area contributed by atoms with Crippen molar-refractivity contribution in [2.75, 3.05) is 6.61 Å². The predicted octanol–water partition coefficient (Wildman–Crippen LogP) is 32.2. The number of rotatable bonds is 14. The van der Waals surface area contributed by atoms with E-state index in [9.17, 15) is 334 Å². The number of hydrogen-bond donors (Lipinski definition) is 0. The third-order valence-corrected chi connectivity index (χ3v) is 11.0. The second-order valence-electron chi connectivity index (χ2n) is 21.9. The molecule has 0 fully saturated rings. The van der Waals surface area contributed by atoms with Gasteiger partial charge in [-0.05, 0) is 20.8 Å². The Morgan fingerprint density at radius 1 is 0.198 bits per heavy atom. The second-order valence-corrected chi connectivity index (χ2v) is 21.9. The average Bonchev–Trinajstić information content (AvgIpc) is 0.728. The van der Waals surface area contributed by atoms with Gasteiger partial charge in [0, 0.05) is 60.5 Å². The molecule has 0 atom stereocenters. The van der Waals surface area contributed by atoms with Gasteiger partial charge in [0.05, 0.1) is 0 Å². The lowest BCUT2D eigenvalue weighted by atomic mass is 9.99. The zero-order valence-corrected chi connectivity index (χ0v) is 59.9. The minimum Gasteiger partial charge on any atom is -0.332 e. The fourth-order valence-corrected chi connectivity index (χ4v) is 3.58. The molecular formula is C48H42F76O2. The summed E-state index contributed by atoms with van der Waals surface area (Å²) in [6.07, 6.45) is -96.5. The maximum atomic E-state index is 12.3. The van der Waals surface area contributed by atoms with Crippen LogP contribution in [0, 0.1) is 5.92 Å². The second kappa shape index (κ2) is 44.0. The van der Waals surface area contributed by atoms with E-state index >= 15 is 0 Å². The van der Waals surface area contributed by atoms with E-state index in [4.69, 9.17) is 0 Å². The molecule has 126 heavy (non-hydrogen) atoms. The van der Waals surface area contributed by atoms with Gasteiger partial charge in [-0.2, -0.15) is 329 Å². The summed E-state index contributed by atoms with van der Waals surface area (Å²) in [5.41, 5.74) is -5.12. The van der Waals surface area contributed by atoms with Crippen LogP contribution >= 0.6 is 0 Å². The van der Waals surface area contributed by atoms with Crippen molar-refractivity contribution in [1.29, 1.82) is 0 Å². The molecule has 0 aliphatic rings. The molecule has 0 aromatic heterocycles. The van der Waals surface area contributed by atoms with Crippen LogP contribution in [0.15, 0.2) is 0 Å². The van der Waals surface area contributed by atoms with Gasteiger partial charge in [0.25, 0.3) is 5.67 Å². The Bertz CT molecular complexity index is 2810. The summed E-state index contributed by atoms with van der Waals surface area (Å²) in [7, 11) is 0. The molecule has 0 heterocycles. The Labute approximate surface area is 645 Å². The quantitative estimate of drug-likeness (QED) is 0.161. The molecule has 0 aliphatic heterocycles.